The molecule has 1 aromatic heterocycles. The van der Waals surface area contributed by atoms with Crippen molar-refractivity contribution in [3.63, 3.8) is 0 Å². The van der Waals surface area contributed by atoms with Gasteiger partial charge in [0.1, 0.15) is 5.75 Å². The van der Waals surface area contributed by atoms with Gasteiger partial charge in [-0.25, -0.2) is 4.98 Å². The highest BCUT2D eigenvalue weighted by molar-refractivity contribution is 5.63. The molecule has 3 rings (SSSR count). The van der Waals surface area contributed by atoms with Crippen LogP contribution in [0.4, 0.5) is 5.69 Å². The predicted molar refractivity (Wildman–Crippen MR) is 78.2 cm³/mol. The van der Waals surface area contributed by atoms with Gasteiger partial charge >= 0.3 is 0 Å². The van der Waals surface area contributed by atoms with E-state index in [1.807, 2.05) is 48.5 Å². The van der Waals surface area contributed by atoms with E-state index in [1.165, 1.54) is 0 Å². The molecule has 5 heteroatoms. The quantitative estimate of drug-likeness (QED) is 0.715. The van der Waals surface area contributed by atoms with Gasteiger partial charge in [-0.05, 0) is 48.5 Å². The number of anilines is 1. The molecule has 0 saturated heterocycles. The van der Waals surface area contributed by atoms with E-state index in [0.717, 1.165) is 28.4 Å². The fourth-order valence-electron chi connectivity index (χ4n) is 1.90. The Bertz CT molecular complexity index is 701. The van der Waals surface area contributed by atoms with E-state index in [2.05, 4.69) is 15.2 Å². The maximum absolute atomic E-state index is 5.67. The van der Waals surface area contributed by atoms with E-state index in [1.54, 1.807) is 7.11 Å². The topological polar surface area (TPSA) is 76.8 Å². The molecule has 0 aliphatic carbocycles. The molecule has 0 amide bonds. The highest BCUT2D eigenvalue weighted by Gasteiger charge is 2.07. The molecule has 100 valence electrons. The Morgan fingerprint density at radius 2 is 1.60 bits per heavy atom. The molecule has 0 aliphatic rings. The van der Waals surface area contributed by atoms with Crippen LogP contribution in [0.25, 0.3) is 22.8 Å². The van der Waals surface area contributed by atoms with Crippen molar-refractivity contribution in [1.82, 2.24) is 15.2 Å². The minimum absolute atomic E-state index is 0.652. The summed E-state index contributed by atoms with van der Waals surface area (Å²) >= 11 is 0. The van der Waals surface area contributed by atoms with Crippen molar-refractivity contribution >= 4 is 5.69 Å². The van der Waals surface area contributed by atoms with Crippen LogP contribution in [0.3, 0.4) is 0 Å². The van der Waals surface area contributed by atoms with Gasteiger partial charge in [0.25, 0.3) is 0 Å². The molecule has 3 N–H and O–H groups in total. The molecule has 5 nitrogen and oxygen atoms in total. The van der Waals surface area contributed by atoms with Crippen molar-refractivity contribution in [2.24, 2.45) is 0 Å². The van der Waals surface area contributed by atoms with Crippen molar-refractivity contribution in [2.75, 3.05) is 12.8 Å². The first kappa shape index (κ1) is 12.2. The summed E-state index contributed by atoms with van der Waals surface area (Å²) in [4.78, 5) is 4.49. The number of ether oxygens (including phenoxy) is 1. The number of aromatic nitrogens is 3. The Morgan fingerprint density at radius 3 is 2.25 bits per heavy atom. The zero-order valence-corrected chi connectivity index (χ0v) is 11.0. The maximum atomic E-state index is 5.67. The summed E-state index contributed by atoms with van der Waals surface area (Å²) in [5, 5.41) is 7.17. The third-order valence-corrected chi connectivity index (χ3v) is 3.02. The number of H-pyrrole nitrogens is 1. The highest BCUT2D eigenvalue weighted by atomic mass is 16.5. The van der Waals surface area contributed by atoms with Crippen molar-refractivity contribution in [2.45, 2.75) is 0 Å². The van der Waals surface area contributed by atoms with Crippen LogP contribution in [0, 0.1) is 0 Å². The van der Waals surface area contributed by atoms with E-state index >= 15 is 0 Å². The summed E-state index contributed by atoms with van der Waals surface area (Å²) in [5.74, 6) is 2.18. The average molecular weight is 266 g/mol. The number of rotatable bonds is 3. The number of aromatic amines is 1. The predicted octanol–water partition coefficient (Wildman–Crippen LogP) is 2.73. The van der Waals surface area contributed by atoms with E-state index in [9.17, 15) is 0 Å². The minimum Gasteiger partial charge on any atom is -0.497 e. The van der Waals surface area contributed by atoms with Crippen LogP contribution in [-0.4, -0.2) is 22.3 Å². The number of nitrogens with one attached hydrogen (secondary N) is 1. The van der Waals surface area contributed by atoms with E-state index in [-0.39, 0.29) is 0 Å². The van der Waals surface area contributed by atoms with Crippen LogP contribution < -0.4 is 10.5 Å². The summed E-state index contributed by atoms with van der Waals surface area (Å²) in [6.45, 7) is 0. The largest absolute Gasteiger partial charge is 0.497 e. The number of hydrogen-bond acceptors (Lipinski definition) is 4. The third-order valence-electron chi connectivity index (χ3n) is 3.02. The molecule has 0 spiro atoms. The second-order valence-electron chi connectivity index (χ2n) is 4.36. The lowest BCUT2D eigenvalue weighted by atomic mass is 10.2. The van der Waals surface area contributed by atoms with Gasteiger partial charge in [0.2, 0.25) is 0 Å². The maximum Gasteiger partial charge on any atom is 0.181 e. The molecule has 20 heavy (non-hydrogen) atoms. The number of nitrogens with zero attached hydrogens (tertiary/aromatic N) is 2. The van der Waals surface area contributed by atoms with Gasteiger partial charge in [0.15, 0.2) is 11.6 Å². The molecule has 3 aromatic rings. The first-order valence-corrected chi connectivity index (χ1v) is 6.19. The van der Waals surface area contributed by atoms with E-state index in [0.29, 0.717) is 5.82 Å². The molecule has 1 heterocycles. The Kier molecular flexibility index (Phi) is 3.09. The van der Waals surface area contributed by atoms with E-state index < -0.39 is 0 Å². The fourth-order valence-corrected chi connectivity index (χ4v) is 1.90. The molecule has 0 bridgehead atoms. The molecule has 0 fully saturated rings. The van der Waals surface area contributed by atoms with Crippen LogP contribution in [0.1, 0.15) is 0 Å². The molecule has 0 aliphatic heterocycles. The number of benzene rings is 2. The monoisotopic (exact) mass is 266 g/mol. The van der Waals surface area contributed by atoms with Crippen LogP contribution in [0.15, 0.2) is 48.5 Å². The first-order valence-electron chi connectivity index (χ1n) is 6.19. The second-order valence-corrected chi connectivity index (χ2v) is 4.36. The molecular formula is C15H14N4O. The Morgan fingerprint density at radius 1 is 0.950 bits per heavy atom. The highest BCUT2D eigenvalue weighted by Crippen LogP contribution is 2.22. The molecular weight excluding hydrogens is 252 g/mol. The number of nitrogens with two attached hydrogens (primary N) is 1. The number of hydrogen-bond donors (Lipinski definition) is 2. The Hall–Kier alpha value is -2.82. The zero-order chi connectivity index (χ0) is 13.9. The van der Waals surface area contributed by atoms with Crippen LogP contribution in [-0.2, 0) is 0 Å². The zero-order valence-electron chi connectivity index (χ0n) is 11.0. The lowest BCUT2D eigenvalue weighted by Crippen LogP contribution is -1.85. The van der Waals surface area contributed by atoms with Gasteiger partial charge in [-0.15, -0.1) is 0 Å². The van der Waals surface area contributed by atoms with Crippen LogP contribution in [0.5, 0.6) is 5.75 Å². The number of nitrogen functional groups attached to an aromatic ring is 1. The molecule has 0 saturated carbocycles. The molecule has 0 atom stereocenters. The molecule has 0 radical (unpaired) electrons. The van der Waals surface area contributed by atoms with Crippen molar-refractivity contribution in [3.05, 3.63) is 48.5 Å². The van der Waals surface area contributed by atoms with Gasteiger partial charge in [-0.3, -0.25) is 5.10 Å². The van der Waals surface area contributed by atoms with E-state index in [4.69, 9.17) is 10.5 Å². The van der Waals surface area contributed by atoms with Gasteiger partial charge < -0.3 is 10.5 Å². The first-order chi connectivity index (χ1) is 9.76. The summed E-state index contributed by atoms with van der Waals surface area (Å²) in [6, 6.07) is 15.1. The lowest BCUT2D eigenvalue weighted by molar-refractivity contribution is 0.415. The van der Waals surface area contributed by atoms with Crippen LogP contribution >= 0.6 is 0 Å². The normalized spacial score (nSPS) is 10.4. The standard InChI is InChI=1S/C15H14N4O/c1-20-13-8-4-11(5-9-13)15-17-14(18-19-15)10-2-6-12(16)7-3-10/h2-9H,16H2,1H3,(H,17,18,19). The Labute approximate surface area is 116 Å². The number of methoxy groups -OCH3 is 1. The van der Waals surface area contributed by atoms with Crippen molar-refractivity contribution in [1.29, 1.82) is 0 Å². The summed E-state index contributed by atoms with van der Waals surface area (Å²) in [6.07, 6.45) is 0. The smallest absolute Gasteiger partial charge is 0.181 e. The van der Waals surface area contributed by atoms with Crippen molar-refractivity contribution < 1.29 is 4.74 Å². The van der Waals surface area contributed by atoms with Gasteiger partial charge in [-0.2, -0.15) is 5.10 Å². The SMILES string of the molecule is COc1ccc(-c2n[nH]c(-c3ccc(N)cc3)n2)cc1. The Balaban J connectivity index is 1.91. The van der Waals surface area contributed by atoms with Gasteiger partial charge in [0, 0.05) is 16.8 Å². The van der Waals surface area contributed by atoms with Gasteiger partial charge in [-0.1, -0.05) is 0 Å². The molecule has 0 unspecified atom stereocenters. The van der Waals surface area contributed by atoms with Crippen LogP contribution in [0.2, 0.25) is 0 Å². The average Bonchev–Trinajstić information content (AvgIpc) is 2.98. The van der Waals surface area contributed by atoms with Gasteiger partial charge in [0.05, 0.1) is 7.11 Å². The second kappa shape index (κ2) is 5.05. The van der Waals surface area contributed by atoms with Crippen molar-refractivity contribution in [3.8, 4) is 28.5 Å². The third kappa shape index (κ3) is 2.33. The minimum atomic E-state index is 0.652. The summed E-state index contributed by atoms with van der Waals surface area (Å²) < 4.78 is 5.13. The molecule has 2 aromatic carbocycles. The summed E-state index contributed by atoms with van der Waals surface area (Å²) in [7, 11) is 1.64. The fraction of sp³-hybridized carbons (Fsp3) is 0.0667. The summed E-state index contributed by atoms with van der Waals surface area (Å²) in [5.41, 5.74) is 8.28. The lowest BCUT2D eigenvalue weighted by Gasteiger charge is -1.99.